The molecule has 0 radical (unpaired) electrons. The molecule has 4 rings (SSSR count). The van der Waals surface area contributed by atoms with Crippen LogP contribution in [-0.2, 0) is 9.47 Å². The predicted molar refractivity (Wildman–Crippen MR) is 88.4 cm³/mol. The van der Waals surface area contributed by atoms with Crippen LogP contribution in [0.1, 0.15) is 18.5 Å². The van der Waals surface area contributed by atoms with Crippen LogP contribution in [0.4, 0.5) is 0 Å². The fourth-order valence-corrected chi connectivity index (χ4v) is 4.14. The Bertz CT molecular complexity index is 860. The van der Waals surface area contributed by atoms with E-state index in [1.165, 1.54) is 0 Å². The maximum atomic E-state index is 10.2. The number of ether oxygens (including phenoxy) is 2. The van der Waals surface area contributed by atoms with Crippen LogP contribution in [0.15, 0.2) is 47.1 Å². The van der Waals surface area contributed by atoms with Crippen LogP contribution in [-0.4, -0.2) is 25.0 Å². The first kappa shape index (κ1) is 15.6. The van der Waals surface area contributed by atoms with E-state index in [0.29, 0.717) is 0 Å². The molecular weight excluding hydrogens is 318 g/mol. The maximum Gasteiger partial charge on any atom is 0.296 e. The summed E-state index contributed by atoms with van der Waals surface area (Å²) in [5.41, 5.74) is 4.92. The van der Waals surface area contributed by atoms with Crippen molar-refractivity contribution in [1.29, 1.82) is 10.5 Å². The molecule has 3 N–H and O–H groups in total. The van der Waals surface area contributed by atoms with Crippen molar-refractivity contribution in [1.82, 2.24) is 5.32 Å². The zero-order valence-corrected chi connectivity index (χ0v) is 13.7. The van der Waals surface area contributed by atoms with Crippen molar-refractivity contribution in [3.8, 4) is 12.1 Å². The fraction of sp³-hybridized carbons (Fsp3) is 0.389. The van der Waals surface area contributed by atoms with Gasteiger partial charge in [-0.2, -0.15) is 10.5 Å². The Balaban J connectivity index is 2.03. The summed E-state index contributed by atoms with van der Waals surface area (Å²) in [4.78, 5) is 4.38. The molecule has 0 bridgehead atoms. The number of allylic oxidation sites excluding steroid dienone is 1. The number of amidine groups is 1. The lowest BCUT2D eigenvalue weighted by atomic mass is 9.57. The minimum absolute atomic E-state index is 0.0450. The first-order valence-electron chi connectivity index (χ1n) is 8.02. The number of benzene rings is 1. The molecule has 3 atom stereocenters. The van der Waals surface area contributed by atoms with Crippen LogP contribution in [0.3, 0.4) is 0 Å². The molecule has 1 saturated heterocycles. The van der Waals surface area contributed by atoms with Gasteiger partial charge in [-0.05, 0) is 18.6 Å². The quantitative estimate of drug-likeness (QED) is 0.799. The van der Waals surface area contributed by atoms with Crippen LogP contribution in [0.2, 0.25) is 0 Å². The van der Waals surface area contributed by atoms with Crippen molar-refractivity contribution >= 4 is 5.84 Å². The zero-order chi connectivity index (χ0) is 17.7. The van der Waals surface area contributed by atoms with Crippen LogP contribution in [0.25, 0.3) is 0 Å². The van der Waals surface area contributed by atoms with Gasteiger partial charge in [0.25, 0.3) is 5.91 Å². The molecule has 25 heavy (non-hydrogen) atoms. The van der Waals surface area contributed by atoms with Crippen molar-refractivity contribution in [3.63, 3.8) is 0 Å². The van der Waals surface area contributed by atoms with Crippen LogP contribution in [0, 0.1) is 33.5 Å². The molecule has 1 aromatic rings. The fourth-order valence-electron chi connectivity index (χ4n) is 4.14. The van der Waals surface area contributed by atoms with Gasteiger partial charge in [-0.3, -0.25) is 0 Å². The summed E-state index contributed by atoms with van der Waals surface area (Å²) in [5, 5.41) is 23.8. The molecule has 126 valence electrons. The second-order valence-electron chi connectivity index (χ2n) is 6.43. The number of aliphatic imine (C=N–C) groups is 1. The van der Waals surface area contributed by atoms with E-state index in [4.69, 9.17) is 15.2 Å². The van der Waals surface area contributed by atoms with E-state index in [0.717, 1.165) is 11.3 Å². The van der Waals surface area contributed by atoms with Gasteiger partial charge in [-0.1, -0.05) is 30.3 Å². The van der Waals surface area contributed by atoms with Gasteiger partial charge in [-0.25, -0.2) is 4.99 Å². The summed E-state index contributed by atoms with van der Waals surface area (Å²) >= 11 is 0. The van der Waals surface area contributed by atoms with Crippen molar-refractivity contribution < 1.29 is 9.47 Å². The normalized spacial score (nSPS) is 35.1. The van der Waals surface area contributed by atoms with E-state index in [1.807, 2.05) is 37.3 Å². The van der Waals surface area contributed by atoms with E-state index in [2.05, 4.69) is 22.4 Å². The van der Waals surface area contributed by atoms with Crippen LogP contribution < -0.4 is 11.1 Å². The van der Waals surface area contributed by atoms with Gasteiger partial charge in [0.05, 0.1) is 31.4 Å². The van der Waals surface area contributed by atoms with Gasteiger partial charge in [0.2, 0.25) is 0 Å². The Labute approximate surface area is 145 Å². The molecule has 3 aliphatic rings. The molecule has 0 aromatic heterocycles. The van der Waals surface area contributed by atoms with Crippen molar-refractivity contribution in [3.05, 3.63) is 47.7 Å². The second-order valence-corrected chi connectivity index (χ2v) is 6.43. The number of rotatable bonds is 1. The highest BCUT2D eigenvalue weighted by atomic mass is 16.8. The number of nitrogens with two attached hydrogens (primary N) is 1. The third kappa shape index (κ3) is 1.67. The molecule has 0 saturated carbocycles. The lowest BCUT2D eigenvalue weighted by molar-refractivity contribution is -0.208. The van der Waals surface area contributed by atoms with Crippen LogP contribution in [0.5, 0.6) is 0 Å². The minimum atomic E-state index is -1.59. The number of nitriles is 2. The maximum absolute atomic E-state index is 10.2. The number of hydrogen-bond donors (Lipinski definition) is 2. The van der Waals surface area contributed by atoms with E-state index in [-0.39, 0.29) is 19.0 Å². The summed E-state index contributed by atoms with van der Waals surface area (Å²) in [7, 11) is 0. The highest BCUT2D eigenvalue weighted by molar-refractivity contribution is 5.95. The molecule has 1 spiro atoms. The van der Waals surface area contributed by atoms with E-state index < -0.39 is 22.8 Å². The van der Waals surface area contributed by atoms with Gasteiger partial charge < -0.3 is 20.5 Å². The Morgan fingerprint density at radius 3 is 2.48 bits per heavy atom. The molecule has 7 nitrogen and oxygen atoms in total. The predicted octanol–water partition coefficient (Wildman–Crippen LogP) is 1.33. The van der Waals surface area contributed by atoms with Gasteiger partial charge in [0.1, 0.15) is 5.84 Å². The van der Waals surface area contributed by atoms with Gasteiger partial charge >= 0.3 is 0 Å². The largest absolute Gasteiger partial charge is 0.386 e. The molecule has 7 heteroatoms. The number of fused-ring (bicyclic) bond motifs is 2. The Hall–Kier alpha value is -2.87. The van der Waals surface area contributed by atoms with E-state index >= 15 is 0 Å². The Morgan fingerprint density at radius 2 is 1.88 bits per heavy atom. The first-order chi connectivity index (χ1) is 12.1. The highest BCUT2D eigenvalue weighted by Crippen LogP contribution is 2.63. The average Bonchev–Trinajstić information content (AvgIpc) is 3.18. The third-order valence-electron chi connectivity index (χ3n) is 5.19. The van der Waals surface area contributed by atoms with Gasteiger partial charge in [0.15, 0.2) is 10.8 Å². The number of nitrogens with zero attached hydrogens (tertiary/aromatic N) is 3. The van der Waals surface area contributed by atoms with E-state index in [1.54, 1.807) is 6.08 Å². The second kappa shape index (κ2) is 5.06. The lowest BCUT2D eigenvalue weighted by Crippen LogP contribution is -2.61. The van der Waals surface area contributed by atoms with E-state index in [9.17, 15) is 10.5 Å². The lowest BCUT2D eigenvalue weighted by Gasteiger charge is -2.47. The summed E-state index contributed by atoms with van der Waals surface area (Å²) in [5.74, 6) is -1.54. The van der Waals surface area contributed by atoms with Gasteiger partial charge in [-0.15, -0.1) is 0 Å². The molecule has 1 fully saturated rings. The number of nitrogens with one attached hydrogen (secondary N) is 1. The third-order valence-corrected chi connectivity index (χ3v) is 5.19. The summed E-state index contributed by atoms with van der Waals surface area (Å²) in [6, 6.07) is 13.5. The Morgan fingerprint density at radius 1 is 1.20 bits per heavy atom. The average molecular weight is 335 g/mol. The monoisotopic (exact) mass is 335 g/mol. The molecule has 3 heterocycles. The molecule has 0 amide bonds. The van der Waals surface area contributed by atoms with Crippen molar-refractivity contribution in [2.24, 2.45) is 21.6 Å². The number of hydrogen-bond acceptors (Lipinski definition) is 7. The molecular formula is C18H17N5O2. The standard InChI is InChI=1S/C18H17N5O2/c1-12-9-16(10-19)17(11-20,14(22-12)13-5-3-2-4-6-13)15(21)23-18(16)24-7-8-25-18/h2-6,9,14,22H,7-8H2,1H3,(H2,21,23)/t14-,16-,17-/m1/s1. The summed E-state index contributed by atoms with van der Waals surface area (Å²) in [6.45, 7) is 2.42. The summed E-state index contributed by atoms with van der Waals surface area (Å²) in [6.07, 6.45) is 1.67. The minimum Gasteiger partial charge on any atom is -0.386 e. The Kier molecular flexibility index (Phi) is 3.17. The van der Waals surface area contributed by atoms with Crippen molar-refractivity contribution in [2.75, 3.05) is 13.2 Å². The van der Waals surface area contributed by atoms with Gasteiger partial charge in [0, 0.05) is 5.70 Å². The first-order valence-corrected chi connectivity index (χ1v) is 8.02. The molecule has 0 aliphatic carbocycles. The smallest absolute Gasteiger partial charge is 0.296 e. The zero-order valence-electron chi connectivity index (χ0n) is 13.7. The molecule has 3 aliphatic heterocycles. The van der Waals surface area contributed by atoms with Crippen molar-refractivity contribution in [2.45, 2.75) is 18.9 Å². The summed E-state index contributed by atoms with van der Waals surface area (Å²) < 4.78 is 11.5. The molecule has 1 aromatic carbocycles. The highest BCUT2D eigenvalue weighted by Gasteiger charge is 2.77. The molecule has 0 unspecified atom stereocenters. The SMILES string of the molecule is CC1=C[C@]2(C#N)C3(N=C(N)[C@@]2(C#N)[C@@H](c2ccccc2)N1)OCCO3. The van der Waals surface area contributed by atoms with Crippen LogP contribution >= 0.6 is 0 Å². The topological polar surface area (TPSA) is 116 Å².